The number of benzene rings is 1. The fraction of sp³-hybridized carbons (Fsp3) is 0.333. The molecule has 0 fully saturated rings. The molecule has 0 bridgehead atoms. The summed E-state index contributed by atoms with van der Waals surface area (Å²) in [5.74, 6) is 0.717. The maximum atomic E-state index is 5.89. The Bertz CT molecular complexity index is 557. The van der Waals surface area contributed by atoms with E-state index in [9.17, 15) is 0 Å². The van der Waals surface area contributed by atoms with E-state index >= 15 is 0 Å². The van der Waals surface area contributed by atoms with Crippen LogP contribution in [0.1, 0.15) is 13.8 Å². The first-order chi connectivity index (χ1) is 9.08. The molecule has 2 rings (SSSR count). The van der Waals surface area contributed by atoms with Gasteiger partial charge in [0.25, 0.3) is 0 Å². The molecule has 0 unspecified atom stereocenters. The highest BCUT2D eigenvalue weighted by Gasteiger charge is 2.09. The maximum absolute atomic E-state index is 5.89. The Balaban J connectivity index is 2.16. The van der Waals surface area contributed by atoms with E-state index in [0.717, 1.165) is 19.3 Å². The predicted molar refractivity (Wildman–Crippen MR) is 82.4 cm³/mol. The van der Waals surface area contributed by atoms with Crippen LogP contribution in [0.15, 0.2) is 31.8 Å². The highest BCUT2D eigenvalue weighted by atomic mass is 32.2. The number of thioether (sulfide) groups is 1. The Morgan fingerprint density at radius 2 is 2.00 bits per heavy atom. The lowest BCUT2D eigenvalue weighted by Crippen LogP contribution is -2.07. The smallest absolute Gasteiger partial charge is 0.179 e. The van der Waals surface area contributed by atoms with E-state index in [1.807, 2.05) is 38.3 Å². The molecule has 0 aliphatic rings. The lowest BCUT2D eigenvalue weighted by Gasteiger charge is -2.12. The third kappa shape index (κ3) is 4.02. The lowest BCUT2D eigenvalue weighted by atomic mass is 10.3. The number of hydrogen-bond donors (Lipinski definition) is 1. The molecule has 0 amide bonds. The molecule has 4 nitrogen and oxygen atoms in total. The van der Waals surface area contributed by atoms with Gasteiger partial charge in [0, 0.05) is 4.90 Å². The van der Waals surface area contributed by atoms with Gasteiger partial charge in [-0.2, -0.15) is 0 Å². The quantitative estimate of drug-likeness (QED) is 0.669. The minimum Gasteiger partial charge on any atom is -0.489 e. The van der Waals surface area contributed by atoms with Crippen molar-refractivity contribution in [3.05, 3.63) is 18.2 Å². The molecule has 1 aromatic heterocycles. The van der Waals surface area contributed by atoms with Crippen molar-refractivity contribution >= 4 is 40.5 Å². The highest BCUT2D eigenvalue weighted by molar-refractivity contribution is 8.03. The van der Waals surface area contributed by atoms with E-state index in [2.05, 4.69) is 10.2 Å². The first-order valence-electron chi connectivity index (χ1n) is 5.70. The standard InChI is InChI=1S/C12H15N3OS3/c1-7(2)16-10-6-8(4-5-9(10)13)18-12-15-14-11(17-3)19-12/h4-7H,13H2,1-3H3. The largest absolute Gasteiger partial charge is 0.489 e. The van der Waals surface area contributed by atoms with Crippen molar-refractivity contribution in [1.82, 2.24) is 10.2 Å². The van der Waals surface area contributed by atoms with Crippen LogP contribution in [0.4, 0.5) is 5.69 Å². The van der Waals surface area contributed by atoms with E-state index < -0.39 is 0 Å². The Hall–Kier alpha value is -0.920. The molecule has 7 heteroatoms. The zero-order chi connectivity index (χ0) is 13.8. The van der Waals surface area contributed by atoms with E-state index in [1.165, 1.54) is 0 Å². The third-order valence-electron chi connectivity index (χ3n) is 2.12. The van der Waals surface area contributed by atoms with Gasteiger partial charge in [-0.05, 0) is 38.3 Å². The minimum absolute atomic E-state index is 0.104. The molecule has 0 saturated heterocycles. The van der Waals surface area contributed by atoms with E-state index in [0.29, 0.717) is 5.69 Å². The van der Waals surface area contributed by atoms with E-state index in [1.54, 1.807) is 34.9 Å². The molecule has 1 heterocycles. The maximum Gasteiger partial charge on any atom is 0.179 e. The summed E-state index contributed by atoms with van der Waals surface area (Å²) in [4.78, 5) is 1.05. The molecular weight excluding hydrogens is 298 g/mol. The monoisotopic (exact) mass is 313 g/mol. The number of hydrogen-bond acceptors (Lipinski definition) is 7. The van der Waals surface area contributed by atoms with Crippen molar-refractivity contribution in [2.45, 2.75) is 33.5 Å². The molecule has 0 aliphatic heterocycles. The SMILES string of the molecule is CSc1nnc(Sc2ccc(N)c(OC(C)C)c2)s1. The van der Waals surface area contributed by atoms with Gasteiger partial charge in [0.05, 0.1) is 11.8 Å². The molecule has 0 radical (unpaired) electrons. The van der Waals surface area contributed by atoms with Gasteiger partial charge in [-0.1, -0.05) is 34.9 Å². The zero-order valence-corrected chi connectivity index (χ0v) is 13.4. The molecule has 0 aliphatic carbocycles. The number of ether oxygens (including phenoxy) is 1. The minimum atomic E-state index is 0.104. The summed E-state index contributed by atoms with van der Waals surface area (Å²) in [5.41, 5.74) is 6.55. The molecular formula is C12H15N3OS3. The third-order valence-corrected chi connectivity index (χ3v) is 5.05. The fourth-order valence-corrected chi connectivity index (χ4v) is 3.80. The van der Waals surface area contributed by atoms with Crippen molar-refractivity contribution in [3.8, 4) is 5.75 Å². The summed E-state index contributed by atoms with van der Waals surface area (Å²) >= 11 is 4.75. The van der Waals surface area contributed by atoms with Crippen LogP contribution in [0, 0.1) is 0 Å². The summed E-state index contributed by atoms with van der Waals surface area (Å²) < 4.78 is 7.56. The summed E-state index contributed by atoms with van der Waals surface area (Å²) in [6, 6.07) is 5.77. The highest BCUT2D eigenvalue weighted by Crippen LogP contribution is 2.36. The lowest BCUT2D eigenvalue weighted by molar-refractivity contribution is 0.243. The number of rotatable bonds is 5. The molecule has 0 saturated carbocycles. The molecule has 1 aromatic carbocycles. The van der Waals surface area contributed by atoms with Crippen molar-refractivity contribution in [3.63, 3.8) is 0 Å². The average Bonchev–Trinajstić information content (AvgIpc) is 2.80. The van der Waals surface area contributed by atoms with Gasteiger partial charge >= 0.3 is 0 Å². The van der Waals surface area contributed by atoms with Crippen LogP contribution in [0.5, 0.6) is 5.75 Å². The topological polar surface area (TPSA) is 61.0 Å². The first-order valence-corrected chi connectivity index (χ1v) is 8.56. The Morgan fingerprint density at radius 3 is 2.63 bits per heavy atom. The number of aromatic nitrogens is 2. The van der Waals surface area contributed by atoms with E-state index in [4.69, 9.17) is 10.5 Å². The normalized spacial score (nSPS) is 10.9. The average molecular weight is 313 g/mol. The van der Waals surface area contributed by atoms with Gasteiger partial charge in [0.2, 0.25) is 0 Å². The van der Waals surface area contributed by atoms with Gasteiger partial charge in [-0.3, -0.25) is 0 Å². The molecule has 2 N–H and O–H groups in total. The second-order valence-electron chi connectivity index (χ2n) is 4.01. The van der Waals surface area contributed by atoms with E-state index in [-0.39, 0.29) is 6.10 Å². The summed E-state index contributed by atoms with van der Waals surface area (Å²) in [7, 11) is 0. The predicted octanol–water partition coefficient (Wildman–Crippen LogP) is 3.78. The molecule has 2 aromatic rings. The molecule has 102 valence electrons. The molecule has 19 heavy (non-hydrogen) atoms. The summed E-state index contributed by atoms with van der Waals surface area (Å²) in [6.07, 6.45) is 2.10. The van der Waals surface area contributed by atoms with Crippen LogP contribution >= 0.6 is 34.9 Å². The van der Waals surface area contributed by atoms with Gasteiger partial charge in [-0.25, -0.2) is 0 Å². The van der Waals surface area contributed by atoms with Crippen LogP contribution in [-0.4, -0.2) is 22.6 Å². The second-order valence-corrected chi connectivity index (χ2v) is 7.36. The zero-order valence-electron chi connectivity index (χ0n) is 10.9. The van der Waals surface area contributed by atoms with Gasteiger partial charge < -0.3 is 10.5 Å². The van der Waals surface area contributed by atoms with Gasteiger partial charge in [0.15, 0.2) is 8.68 Å². The number of nitrogens with zero attached hydrogens (tertiary/aromatic N) is 2. The Morgan fingerprint density at radius 1 is 1.26 bits per heavy atom. The van der Waals surface area contributed by atoms with Gasteiger partial charge in [0.1, 0.15) is 5.75 Å². The van der Waals surface area contributed by atoms with Crippen molar-refractivity contribution in [1.29, 1.82) is 0 Å². The van der Waals surface area contributed by atoms with Crippen LogP contribution in [0.25, 0.3) is 0 Å². The summed E-state index contributed by atoms with van der Waals surface area (Å²) in [5, 5.41) is 8.21. The van der Waals surface area contributed by atoms with Crippen molar-refractivity contribution < 1.29 is 4.74 Å². The second kappa shape index (κ2) is 6.49. The molecule has 0 atom stereocenters. The van der Waals surface area contributed by atoms with Crippen LogP contribution < -0.4 is 10.5 Å². The Kier molecular flexibility index (Phi) is 4.95. The molecule has 0 spiro atoms. The fourth-order valence-electron chi connectivity index (χ4n) is 1.36. The summed E-state index contributed by atoms with van der Waals surface area (Å²) in [6.45, 7) is 3.96. The number of nitrogen functional groups attached to an aromatic ring is 1. The first kappa shape index (κ1) is 14.5. The van der Waals surface area contributed by atoms with Crippen molar-refractivity contribution in [2.75, 3.05) is 12.0 Å². The Labute approximate surface area is 125 Å². The van der Waals surface area contributed by atoms with Crippen molar-refractivity contribution in [2.24, 2.45) is 0 Å². The van der Waals surface area contributed by atoms with Crippen LogP contribution in [0.2, 0.25) is 0 Å². The van der Waals surface area contributed by atoms with Gasteiger partial charge in [-0.15, -0.1) is 10.2 Å². The van der Waals surface area contributed by atoms with Crippen LogP contribution in [0.3, 0.4) is 0 Å². The number of nitrogens with two attached hydrogens (primary N) is 1. The number of anilines is 1. The van der Waals surface area contributed by atoms with Crippen LogP contribution in [-0.2, 0) is 0 Å².